The van der Waals surface area contributed by atoms with Gasteiger partial charge in [0.05, 0.1) is 6.10 Å². The minimum atomic E-state index is -0.0531. The molecule has 0 aromatic heterocycles. The number of aliphatic hydroxyl groups excluding tert-OH is 1. The van der Waals surface area contributed by atoms with E-state index in [1.165, 1.54) is 44.9 Å². The van der Waals surface area contributed by atoms with Crippen molar-refractivity contribution in [1.82, 2.24) is 0 Å². The van der Waals surface area contributed by atoms with Gasteiger partial charge in [0.2, 0.25) is 0 Å². The SMILES string of the molecule is CCC1CCC(C(C)(C)C2CCC(C)CC2O)CC1. The molecule has 0 bridgehead atoms. The van der Waals surface area contributed by atoms with Crippen molar-refractivity contribution in [3.05, 3.63) is 0 Å². The van der Waals surface area contributed by atoms with Gasteiger partial charge in [0.1, 0.15) is 0 Å². The fourth-order valence-electron chi connectivity index (χ4n) is 4.84. The molecule has 1 N–H and O–H groups in total. The Morgan fingerprint density at radius 3 is 2.16 bits per heavy atom. The van der Waals surface area contributed by atoms with Gasteiger partial charge in [-0.25, -0.2) is 0 Å². The Bertz CT molecular complexity index is 275. The fraction of sp³-hybridized carbons (Fsp3) is 1.00. The first-order valence-corrected chi connectivity index (χ1v) is 8.63. The Hall–Kier alpha value is -0.0400. The first kappa shape index (κ1) is 15.4. The quantitative estimate of drug-likeness (QED) is 0.760. The minimum absolute atomic E-state index is 0.0531. The van der Waals surface area contributed by atoms with Gasteiger partial charge < -0.3 is 5.11 Å². The fourth-order valence-corrected chi connectivity index (χ4v) is 4.84. The molecular formula is C18H34O. The molecule has 0 aliphatic heterocycles. The molecular weight excluding hydrogens is 232 g/mol. The van der Waals surface area contributed by atoms with E-state index in [-0.39, 0.29) is 6.10 Å². The third-order valence-electron chi connectivity index (χ3n) is 6.51. The van der Waals surface area contributed by atoms with Gasteiger partial charge in [0.15, 0.2) is 0 Å². The smallest absolute Gasteiger partial charge is 0.0576 e. The van der Waals surface area contributed by atoms with E-state index in [1.54, 1.807) is 0 Å². The van der Waals surface area contributed by atoms with Crippen LogP contribution in [0.1, 0.15) is 79.1 Å². The molecule has 3 unspecified atom stereocenters. The highest BCUT2D eigenvalue weighted by molar-refractivity contribution is 4.93. The molecule has 2 aliphatic carbocycles. The summed E-state index contributed by atoms with van der Waals surface area (Å²) in [6.45, 7) is 9.50. The van der Waals surface area contributed by atoms with Crippen molar-refractivity contribution in [3.8, 4) is 0 Å². The molecule has 0 amide bonds. The van der Waals surface area contributed by atoms with Crippen LogP contribution in [0.5, 0.6) is 0 Å². The van der Waals surface area contributed by atoms with Crippen molar-refractivity contribution < 1.29 is 5.11 Å². The van der Waals surface area contributed by atoms with Crippen LogP contribution in [0.2, 0.25) is 0 Å². The lowest BCUT2D eigenvalue weighted by Gasteiger charge is -2.48. The van der Waals surface area contributed by atoms with Gasteiger partial charge in [0, 0.05) is 0 Å². The van der Waals surface area contributed by atoms with E-state index < -0.39 is 0 Å². The average Bonchev–Trinajstić information content (AvgIpc) is 2.38. The number of hydrogen-bond donors (Lipinski definition) is 1. The van der Waals surface area contributed by atoms with Crippen molar-refractivity contribution in [2.24, 2.45) is 29.1 Å². The second-order valence-corrected chi connectivity index (χ2v) is 8.04. The summed E-state index contributed by atoms with van der Waals surface area (Å²) in [4.78, 5) is 0. The number of aliphatic hydroxyl groups is 1. The second kappa shape index (κ2) is 6.16. The molecule has 19 heavy (non-hydrogen) atoms. The average molecular weight is 266 g/mol. The van der Waals surface area contributed by atoms with Crippen LogP contribution >= 0.6 is 0 Å². The van der Waals surface area contributed by atoms with Crippen LogP contribution in [0.25, 0.3) is 0 Å². The molecule has 2 rings (SSSR count). The summed E-state index contributed by atoms with van der Waals surface area (Å²) < 4.78 is 0. The summed E-state index contributed by atoms with van der Waals surface area (Å²) in [6, 6.07) is 0. The molecule has 0 heterocycles. The highest BCUT2D eigenvalue weighted by Gasteiger charge is 2.43. The summed E-state index contributed by atoms with van der Waals surface area (Å²) >= 11 is 0. The summed E-state index contributed by atoms with van der Waals surface area (Å²) in [5.41, 5.74) is 0.332. The molecule has 1 nitrogen and oxygen atoms in total. The molecule has 0 spiro atoms. The van der Waals surface area contributed by atoms with Crippen molar-refractivity contribution >= 4 is 0 Å². The number of hydrogen-bond acceptors (Lipinski definition) is 1. The Labute approximate surface area is 120 Å². The van der Waals surface area contributed by atoms with Gasteiger partial charge >= 0.3 is 0 Å². The lowest BCUT2D eigenvalue weighted by Crippen LogP contribution is -2.43. The third-order valence-corrected chi connectivity index (χ3v) is 6.51. The zero-order valence-electron chi connectivity index (χ0n) is 13.5. The Morgan fingerprint density at radius 1 is 1.00 bits per heavy atom. The molecule has 3 atom stereocenters. The maximum absolute atomic E-state index is 10.5. The Balaban J connectivity index is 1.97. The van der Waals surface area contributed by atoms with Crippen molar-refractivity contribution in [2.45, 2.75) is 85.2 Å². The molecule has 0 radical (unpaired) electrons. The summed E-state index contributed by atoms with van der Waals surface area (Å²) in [6.07, 6.45) is 10.5. The van der Waals surface area contributed by atoms with Crippen LogP contribution in [0, 0.1) is 29.1 Å². The van der Waals surface area contributed by atoms with Gasteiger partial charge in [-0.1, -0.05) is 53.4 Å². The first-order chi connectivity index (χ1) is 8.95. The summed E-state index contributed by atoms with van der Waals surface area (Å²) in [5.74, 6) is 3.07. The Kier molecular flexibility index (Phi) is 4.98. The van der Waals surface area contributed by atoms with Crippen LogP contribution in [0.15, 0.2) is 0 Å². The first-order valence-electron chi connectivity index (χ1n) is 8.63. The largest absolute Gasteiger partial charge is 0.393 e. The van der Waals surface area contributed by atoms with Gasteiger partial charge in [-0.05, 0) is 54.8 Å². The lowest BCUT2D eigenvalue weighted by atomic mass is 9.58. The van der Waals surface area contributed by atoms with E-state index in [1.807, 2.05) is 0 Å². The van der Waals surface area contributed by atoms with E-state index in [9.17, 15) is 5.11 Å². The molecule has 0 aromatic rings. The highest BCUT2D eigenvalue weighted by atomic mass is 16.3. The van der Waals surface area contributed by atoms with Gasteiger partial charge in [0.25, 0.3) is 0 Å². The molecule has 2 aliphatic rings. The molecule has 0 aromatic carbocycles. The monoisotopic (exact) mass is 266 g/mol. The second-order valence-electron chi connectivity index (χ2n) is 8.04. The van der Waals surface area contributed by atoms with Crippen LogP contribution in [-0.2, 0) is 0 Å². The predicted octanol–water partition coefficient (Wildman–Crippen LogP) is 5.03. The van der Waals surface area contributed by atoms with E-state index in [2.05, 4.69) is 27.7 Å². The van der Waals surface area contributed by atoms with E-state index >= 15 is 0 Å². The van der Waals surface area contributed by atoms with Crippen LogP contribution in [0.3, 0.4) is 0 Å². The van der Waals surface area contributed by atoms with Crippen molar-refractivity contribution in [1.29, 1.82) is 0 Å². The third kappa shape index (κ3) is 3.35. The van der Waals surface area contributed by atoms with Crippen molar-refractivity contribution in [3.63, 3.8) is 0 Å². The zero-order chi connectivity index (χ0) is 14.0. The van der Waals surface area contributed by atoms with Gasteiger partial charge in [-0.2, -0.15) is 0 Å². The Morgan fingerprint density at radius 2 is 1.63 bits per heavy atom. The predicted molar refractivity (Wildman–Crippen MR) is 82.0 cm³/mol. The summed E-state index contributed by atoms with van der Waals surface area (Å²) in [5, 5.41) is 10.5. The van der Waals surface area contributed by atoms with Crippen molar-refractivity contribution in [2.75, 3.05) is 0 Å². The van der Waals surface area contributed by atoms with E-state index in [4.69, 9.17) is 0 Å². The lowest BCUT2D eigenvalue weighted by molar-refractivity contribution is -0.0484. The van der Waals surface area contributed by atoms with Crippen LogP contribution in [0.4, 0.5) is 0 Å². The molecule has 112 valence electrons. The minimum Gasteiger partial charge on any atom is -0.393 e. The molecule has 2 saturated carbocycles. The summed E-state index contributed by atoms with van der Waals surface area (Å²) in [7, 11) is 0. The standard InChI is InChI=1S/C18H34O/c1-5-14-7-9-15(10-8-14)18(3,4)16-11-6-13(2)12-17(16)19/h13-17,19H,5-12H2,1-4H3. The maximum atomic E-state index is 10.5. The van der Waals surface area contributed by atoms with Crippen LogP contribution in [-0.4, -0.2) is 11.2 Å². The van der Waals surface area contributed by atoms with Gasteiger partial charge in [-0.3, -0.25) is 0 Å². The van der Waals surface area contributed by atoms with Gasteiger partial charge in [-0.15, -0.1) is 0 Å². The molecule has 1 heteroatoms. The zero-order valence-corrected chi connectivity index (χ0v) is 13.5. The molecule has 2 fully saturated rings. The topological polar surface area (TPSA) is 20.2 Å². The molecule has 0 saturated heterocycles. The normalized spacial score (nSPS) is 41.2. The number of rotatable bonds is 3. The maximum Gasteiger partial charge on any atom is 0.0576 e. The van der Waals surface area contributed by atoms with E-state index in [0.717, 1.165) is 24.2 Å². The van der Waals surface area contributed by atoms with Crippen LogP contribution < -0.4 is 0 Å². The highest BCUT2D eigenvalue weighted by Crippen LogP contribution is 2.50. The van der Waals surface area contributed by atoms with E-state index in [0.29, 0.717) is 11.3 Å².